The van der Waals surface area contributed by atoms with Crippen LogP contribution in [0.4, 0.5) is 5.69 Å². The van der Waals surface area contributed by atoms with Gasteiger partial charge in [-0.3, -0.25) is 9.59 Å². The predicted octanol–water partition coefficient (Wildman–Crippen LogP) is 9.61. The number of rotatable bonds is 22. The zero-order valence-corrected chi connectivity index (χ0v) is 31.2. The Balaban J connectivity index is 1.92. The van der Waals surface area contributed by atoms with Crippen LogP contribution < -0.4 is 10.0 Å². The van der Waals surface area contributed by atoms with Gasteiger partial charge in [0.1, 0.15) is 13.1 Å². The van der Waals surface area contributed by atoms with Crippen LogP contribution in [0.15, 0.2) is 58.9 Å². The molecule has 0 atom stereocenters. The van der Waals surface area contributed by atoms with E-state index >= 15 is 0 Å². The molecular weight excluding hydrogens is 592 g/mol. The van der Waals surface area contributed by atoms with Crippen LogP contribution in [0.1, 0.15) is 148 Å². The number of anilines is 1. The van der Waals surface area contributed by atoms with E-state index < -0.39 is 17.3 Å². The third-order valence-electron chi connectivity index (χ3n) is 9.93. The standard InChI is InChI=1S/C43H64N2O3/c1-7-11-15-19-27-44(28-20-16-12-8-2)35-23-25-37(33(5)31-35)39-41(46)40(43(48)42(39)47)38-26-24-36(32-34(38)6)45(29-21-17-13-9-3)30-22-18-14-10-4/h23-26,31-32H,7-22,27-30H2,1-6H3. The normalized spacial score (nSPS) is 16.4. The molecule has 0 heterocycles. The van der Waals surface area contributed by atoms with Gasteiger partial charge >= 0.3 is 0 Å². The Morgan fingerprint density at radius 1 is 0.646 bits per heavy atom. The first-order chi connectivity index (χ1) is 23.3. The summed E-state index contributed by atoms with van der Waals surface area (Å²) in [5.41, 5.74) is 5.17. The molecule has 5 heteroatoms. The number of aryl methyl sites for hydroxylation is 1. The summed E-state index contributed by atoms with van der Waals surface area (Å²) in [4.78, 5) is 29.4. The summed E-state index contributed by atoms with van der Waals surface area (Å²) in [6.45, 7) is 16.8. The summed E-state index contributed by atoms with van der Waals surface area (Å²) in [7, 11) is 0. The lowest BCUT2D eigenvalue weighted by Crippen LogP contribution is -2.26. The molecule has 1 aromatic carbocycles. The number of carbonyl (C=O) groups excluding carboxylic acids is 2. The Morgan fingerprint density at radius 2 is 1.17 bits per heavy atom. The molecule has 0 spiro atoms. The van der Waals surface area contributed by atoms with Crippen LogP contribution in [0.25, 0.3) is 5.57 Å². The molecule has 0 amide bonds. The molecule has 0 saturated carbocycles. The lowest BCUT2D eigenvalue weighted by Gasteiger charge is -2.26. The van der Waals surface area contributed by atoms with Crippen molar-refractivity contribution in [1.82, 2.24) is 0 Å². The van der Waals surface area contributed by atoms with Crippen LogP contribution in [0.2, 0.25) is 0 Å². The fourth-order valence-corrected chi connectivity index (χ4v) is 6.96. The number of Topliss-reactive ketones (excluding diaryl/α,β-unsaturated/α-hetero) is 2. The minimum atomic E-state index is -0.682. The number of hydrogen-bond donors (Lipinski definition) is 0. The van der Waals surface area contributed by atoms with Gasteiger partial charge in [-0.25, -0.2) is 4.58 Å². The number of hydrogen-bond acceptors (Lipinski definition) is 4. The molecule has 264 valence electrons. The third kappa shape index (κ3) is 10.9. The van der Waals surface area contributed by atoms with Crippen LogP contribution in [-0.4, -0.2) is 48.0 Å². The van der Waals surface area contributed by atoms with E-state index in [0.29, 0.717) is 11.1 Å². The highest BCUT2D eigenvalue weighted by atomic mass is 16.3. The minimum absolute atomic E-state index is 0.0217. The topological polar surface area (TPSA) is 63.4 Å². The van der Waals surface area contributed by atoms with Gasteiger partial charge in [-0.15, -0.1) is 0 Å². The lowest BCUT2D eigenvalue weighted by molar-refractivity contribution is -0.527. The van der Waals surface area contributed by atoms with Gasteiger partial charge in [0, 0.05) is 54.9 Å². The van der Waals surface area contributed by atoms with Crippen molar-refractivity contribution in [2.24, 2.45) is 0 Å². The number of allylic oxidation sites excluding steroid dienone is 7. The van der Waals surface area contributed by atoms with Crippen LogP contribution in [-0.2, 0) is 9.59 Å². The second-order valence-electron chi connectivity index (χ2n) is 14.0. The van der Waals surface area contributed by atoms with Gasteiger partial charge in [0.2, 0.25) is 11.6 Å². The van der Waals surface area contributed by atoms with Gasteiger partial charge in [0.25, 0.3) is 0 Å². The molecule has 5 nitrogen and oxygen atoms in total. The zero-order chi connectivity index (χ0) is 34.9. The molecule has 0 bridgehead atoms. The molecule has 0 unspecified atom stereocenters. The largest absolute Gasteiger partial charge is 0.871 e. The summed E-state index contributed by atoms with van der Waals surface area (Å²) in [5.74, 6) is -1.80. The molecular formula is C43H64N2O3. The maximum Gasteiger partial charge on any atom is 0.233 e. The van der Waals surface area contributed by atoms with E-state index in [1.54, 1.807) is 0 Å². The molecule has 2 aliphatic rings. The van der Waals surface area contributed by atoms with Crippen molar-refractivity contribution in [3.05, 3.63) is 70.0 Å². The van der Waals surface area contributed by atoms with Gasteiger partial charge in [-0.2, -0.15) is 0 Å². The molecule has 1 aromatic rings. The Hall–Kier alpha value is -3.21. The zero-order valence-electron chi connectivity index (χ0n) is 31.2. The molecule has 48 heavy (non-hydrogen) atoms. The van der Waals surface area contributed by atoms with E-state index in [0.717, 1.165) is 74.4 Å². The Labute approximate surface area is 292 Å². The van der Waals surface area contributed by atoms with Gasteiger partial charge < -0.3 is 10.0 Å². The number of nitrogens with zero attached hydrogens (tertiary/aromatic N) is 2. The van der Waals surface area contributed by atoms with Crippen LogP contribution in [0, 0.1) is 6.92 Å². The maximum atomic E-state index is 13.9. The Bertz CT molecular complexity index is 1360. The summed E-state index contributed by atoms with van der Waals surface area (Å²) >= 11 is 0. The summed E-state index contributed by atoms with van der Waals surface area (Å²) in [5, 5.41) is 13.9. The summed E-state index contributed by atoms with van der Waals surface area (Å²) in [6.07, 6.45) is 25.3. The second kappa shape index (κ2) is 21.0. The SMILES string of the molecule is CCCCCCN(CCCCCC)c1ccc(C2=C([O-])/C(=C3\C=CC(=[N+](CCCCCC)CCCCCC)C=C3C)C(=O)C2=O)c(C)c1. The molecule has 2 aliphatic carbocycles. The number of ketones is 2. The van der Waals surface area contributed by atoms with E-state index in [4.69, 9.17) is 0 Å². The van der Waals surface area contributed by atoms with Crippen molar-refractivity contribution in [2.75, 3.05) is 31.1 Å². The molecule has 0 radical (unpaired) electrons. The van der Waals surface area contributed by atoms with Crippen LogP contribution >= 0.6 is 0 Å². The molecule has 0 aliphatic heterocycles. The van der Waals surface area contributed by atoms with Gasteiger partial charge in [0.05, 0.1) is 0 Å². The fraction of sp³-hybridized carbons (Fsp3) is 0.605. The highest BCUT2D eigenvalue weighted by molar-refractivity contribution is 6.63. The molecule has 0 saturated heterocycles. The minimum Gasteiger partial charge on any atom is -0.871 e. The smallest absolute Gasteiger partial charge is 0.233 e. The van der Waals surface area contributed by atoms with E-state index in [1.165, 1.54) is 77.0 Å². The Morgan fingerprint density at radius 3 is 1.67 bits per heavy atom. The number of benzene rings is 1. The molecule has 3 rings (SSSR count). The number of carbonyl (C=O) groups is 2. The monoisotopic (exact) mass is 656 g/mol. The van der Waals surface area contributed by atoms with Gasteiger partial charge in [-0.05, 0) is 80.0 Å². The third-order valence-corrected chi connectivity index (χ3v) is 9.93. The van der Waals surface area contributed by atoms with Crippen molar-refractivity contribution >= 4 is 28.5 Å². The molecule has 0 aromatic heterocycles. The predicted molar refractivity (Wildman–Crippen MR) is 202 cm³/mol. The quantitative estimate of drug-likeness (QED) is 0.0540. The highest BCUT2D eigenvalue weighted by Crippen LogP contribution is 2.37. The van der Waals surface area contributed by atoms with Gasteiger partial charge in [0.15, 0.2) is 5.71 Å². The van der Waals surface area contributed by atoms with Crippen molar-refractivity contribution in [3.63, 3.8) is 0 Å². The first-order valence-corrected chi connectivity index (χ1v) is 19.4. The highest BCUT2D eigenvalue weighted by Gasteiger charge is 2.35. The van der Waals surface area contributed by atoms with Crippen LogP contribution in [0.5, 0.6) is 0 Å². The van der Waals surface area contributed by atoms with Crippen LogP contribution in [0.3, 0.4) is 0 Å². The van der Waals surface area contributed by atoms with Crippen molar-refractivity contribution < 1.29 is 19.3 Å². The fourth-order valence-electron chi connectivity index (χ4n) is 6.96. The first kappa shape index (κ1) is 39.2. The lowest BCUT2D eigenvalue weighted by atomic mass is 9.93. The maximum absolute atomic E-state index is 13.9. The van der Waals surface area contributed by atoms with E-state index in [2.05, 4.69) is 49.3 Å². The average Bonchev–Trinajstić information content (AvgIpc) is 3.29. The van der Waals surface area contributed by atoms with Crippen molar-refractivity contribution in [3.8, 4) is 0 Å². The molecule has 0 N–H and O–H groups in total. The Kier molecular flexibility index (Phi) is 17.2. The summed E-state index contributed by atoms with van der Waals surface area (Å²) < 4.78 is 2.45. The second-order valence-corrected chi connectivity index (χ2v) is 14.0. The van der Waals surface area contributed by atoms with E-state index in [-0.39, 0.29) is 11.1 Å². The first-order valence-electron chi connectivity index (χ1n) is 19.4. The van der Waals surface area contributed by atoms with Crippen molar-refractivity contribution in [2.45, 2.75) is 144 Å². The van der Waals surface area contributed by atoms with E-state index in [9.17, 15) is 14.7 Å². The van der Waals surface area contributed by atoms with Gasteiger partial charge in [-0.1, -0.05) is 104 Å². The average molecular weight is 657 g/mol. The van der Waals surface area contributed by atoms with Crippen molar-refractivity contribution in [1.29, 1.82) is 0 Å². The molecule has 0 fully saturated rings. The number of unbranched alkanes of at least 4 members (excludes halogenated alkanes) is 12. The van der Waals surface area contributed by atoms with E-state index in [1.807, 2.05) is 38.1 Å². The summed E-state index contributed by atoms with van der Waals surface area (Å²) in [6, 6.07) is 6.02.